The van der Waals surface area contributed by atoms with E-state index in [1.54, 1.807) is 42.1 Å². The van der Waals surface area contributed by atoms with Crippen LogP contribution >= 0.6 is 0 Å². The van der Waals surface area contributed by atoms with E-state index in [0.717, 1.165) is 54.4 Å². The van der Waals surface area contributed by atoms with Crippen molar-refractivity contribution in [2.45, 2.75) is 51.6 Å². The number of imidazole rings is 1. The highest BCUT2D eigenvalue weighted by molar-refractivity contribution is 5.96. The van der Waals surface area contributed by atoms with Crippen LogP contribution in [0.2, 0.25) is 0 Å². The van der Waals surface area contributed by atoms with Gasteiger partial charge in [0.25, 0.3) is 6.43 Å². The molecule has 5 heterocycles. The summed E-state index contributed by atoms with van der Waals surface area (Å²) in [5.74, 6) is 1.12. The molecule has 1 aromatic carbocycles. The van der Waals surface area contributed by atoms with Gasteiger partial charge >= 0.3 is 0 Å². The number of alkyl halides is 2. The van der Waals surface area contributed by atoms with Crippen LogP contribution in [0, 0.1) is 0 Å². The summed E-state index contributed by atoms with van der Waals surface area (Å²) in [6.07, 6.45) is 2.33. The number of hydrogen-bond donors (Lipinski definition) is 0. The summed E-state index contributed by atoms with van der Waals surface area (Å²) >= 11 is 0. The van der Waals surface area contributed by atoms with Gasteiger partial charge in [0.2, 0.25) is 5.91 Å². The van der Waals surface area contributed by atoms with Gasteiger partial charge in [0, 0.05) is 67.1 Å². The van der Waals surface area contributed by atoms with Crippen molar-refractivity contribution in [1.82, 2.24) is 34.1 Å². The van der Waals surface area contributed by atoms with Crippen molar-refractivity contribution in [3.8, 4) is 22.5 Å². The highest BCUT2D eigenvalue weighted by Gasteiger charge is 2.36. The zero-order valence-electron chi connectivity index (χ0n) is 23.2. The molecule has 2 aliphatic rings. The van der Waals surface area contributed by atoms with E-state index >= 15 is 0 Å². The van der Waals surface area contributed by atoms with Crippen molar-refractivity contribution in [2.24, 2.45) is 7.05 Å². The summed E-state index contributed by atoms with van der Waals surface area (Å²) in [6.45, 7) is 10.2. The number of rotatable bonds is 5. The van der Waals surface area contributed by atoms with Crippen LogP contribution in [0.5, 0.6) is 0 Å². The average molecular weight is 546 g/mol. The van der Waals surface area contributed by atoms with Gasteiger partial charge in [0.05, 0.1) is 35.3 Å². The van der Waals surface area contributed by atoms with Crippen LogP contribution in [0.15, 0.2) is 48.9 Å². The fourth-order valence-corrected chi connectivity index (χ4v) is 6.18. The van der Waals surface area contributed by atoms with Crippen LogP contribution in [-0.2, 0) is 18.4 Å². The van der Waals surface area contributed by atoms with E-state index < -0.39 is 12.5 Å². The summed E-state index contributed by atoms with van der Waals surface area (Å²) in [4.78, 5) is 27.0. The predicted octanol–water partition coefficient (Wildman–Crippen LogP) is 5.68. The van der Waals surface area contributed by atoms with E-state index in [9.17, 15) is 13.6 Å². The maximum absolute atomic E-state index is 14.4. The molecule has 0 N–H and O–H groups in total. The number of likely N-dealkylation sites (N-methyl/N-ethyl adjacent to an activating group) is 1. The minimum atomic E-state index is -2.71. The van der Waals surface area contributed by atoms with Gasteiger partial charge in [-0.3, -0.25) is 9.48 Å². The lowest BCUT2D eigenvalue weighted by molar-refractivity contribution is -0.135. The van der Waals surface area contributed by atoms with Crippen molar-refractivity contribution in [3.05, 3.63) is 66.0 Å². The number of allylic oxidation sites excluding steroid dienone is 1. The molecule has 6 rings (SSSR count). The van der Waals surface area contributed by atoms with Crippen LogP contribution in [0.3, 0.4) is 0 Å². The van der Waals surface area contributed by atoms with Crippen LogP contribution < -0.4 is 0 Å². The lowest BCUT2D eigenvalue weighted by Gasteiger charge is -2.36. The third-order valence-electron chi connectivity index (χ3n) is 8.30. The molecule has 1 amide bonds. The Labute approximate surface area is 231 Å². The zero-order valence-corrected chi connectivity index (χ0v) is 23.2. The number of carbonyl (C=O) groups is 1. The van der Waals surface area contributed by atoms with E-state index in [4.69, 9.17) is 9.97 Å². The molecule has 2 aliphatic heterocycles. The first kappa shape index (κ1) is 26.2. The number of piperidine rings is 1. The number of carbonyl (C=O) groups excluding carboxylic acids is 1. The minimum absolute atomic E-state index is 0.0396. The molecule has 1 saturated heterocycles. The van der Waals surface area contributed by atoms with Crippen molar-refractivity contribution in [3.63, 3.8) is 0 Å². The number of likely N-dealkylation sites (tertiary alicyclic amines) is 1. The SMILES string of the molecule is C=C(C)N1CCC(c2nc(-c3cccc4nc(-c5cnn(C)c5)c(C(F)F)cc34)c3n2[C@@H](C)C(=O)N(C)C3)CC1. The molecule has 8 nitrogen and oxygen atoms in total. The summed E-state index contributed by atoms with van der Waals surface area (Å²) in [5.41, 5.74) is 4.68. The van der Waals surface area contributed by atoms with Crippen LogP contribution in [-0.4, -0.2) is 60.2 Å². The Morgan fingerprint density at radius 1 is 1.12 bits per heavy atom. The highest BCUT2D eigenvalue weighted by atomic mass is 19.3. The molecular formula is C30H33F2N7O. The molecule has 1 fully saturated rings. The van der Waals surface area contributed by atoms with Crippen molar-refractivity contribution < 1.29 is 13.6 Å². The summed E-state index contributed by atoms with van der Waals surface area (Å²) in [5, 5.41) is 4.76. The summed E-state index contributed by atoms with van der Waals surface area (Å²) in [6, 6.07) is 6.79. The highest BCUT2D eigenvalue weighted by Crippen LogP contribution is 2.41. The molecule has 0 saturated carbocycles. The van der Waals surface area contributed by atoms with Gasteiger partial charge in [0.1, 0.15) is 11.9 Å². The van der Waals surface area contributed by atoms with E-state index in [1.807, 2.05) is 32.0 Å². The number of fused-ring (bicyclic) bond motifs is 2. The second kappa shape index (κ2) is 9.83. The van der Waals surface area contributed by atoms with Gasteiger partial charge in [-0.25, -0.2) is 18.7 Å². The number of halogens is 2. The number of aromatic nitrogens is 5. The first-order valence-electron chi connectivity index (χ1n) is 13.6. The van der Waals surface area contributed by atoms with Gasteiger partial charge in [-0.15, -0.1) is 0 Å². The third kappa shape index (κ3) is 4.26. The van der Waals surface area contributed by atoms with Crippen molar-refractivity contribution >= 4 is 16.8 Å². The molecule has 0 radical (unpaired) electrons. The molecule has 0 spiro atoms. The number of nitrogens with zero attached hydrogens (tertiary/aromatic N) is 7. The Kier molecular flexibility index (Phi) is 6.43. The molecule has 0 aliphatic carbocycles. The first-order chi connectivity index (χ1) is 19.1. The Bertz CT molecular complexity index is 1630. The fraction of sp³-hybridized carbons (Fsp3) is 0.400. The zero-order chi connectivity index (χ0) is 28.3. The second-order valence-electron chi connectivity index (χ2n) is 11.0. The molecule has 208 valence electrons. The van der Waals surface area contributed by atoms with E-state index in [-0.39, 0.29) is 23.1 Å². The average Bonchev–Trinajstić information content (AvgIpc) is 3.54. The molecular weight excluding hydrogens is 512 g/mol. The van der Waals surface area contributed by atoms with Crippen LogP contribution in [0.25, 0.3) is 33.4 Å². The number of aryl methyl sites for hydroxylation is 1. The Morgan fingerprint density at radius 2 is 1.88 bits per heavy atom. The Balaban J connectivity index is 1.53. The van der Waals surface area contributed by atoms with Gasteiger partial charge < -0.3 is 14.4 Å². The quantitative estimate of drug-likeness (QED) is 0.323. The number of benzene rings is 1. The molecule has 40 heavy (non-hydrogen) atoms. The van der Waals surface area contributed by atoms with Crippen molar-refractivity contribution in [1.29, 1.82) is 0 Å². The van der Waals surface area contributed by atoms with Gasteiger partial charge in [-0.2, -0.15) is 5.10 Å². The van der Waals surface area contributed by atoms with Gasteiger partial charge in [-0.05, 0) is 38.8 Å². The molecule has 1 atom stereocenters. The summed E-state index contributed by atoms with van der Waals surface area (Å²) in [7, 11) is 3.54. The summed E-state index contributed by atoms with van der Waals surface area (Å²) < 4.78 is 32.5. The third-order valence-corrected chi connectivity index (χ3v) is 8.30. The maximum atomic E-state index is 14.4. The lowest BCUT2D eigenvalue weighted by atomic mass is 9.95. The molecule has 0 unspecified atom stereocenters. The molecule has 0 bridgehead atoms. The molecule has 10 heteroatoms. The van der Waals surface area contributed by atoms with E-state index in [0.29, 0.717) is 23.0 Å². The van der Waals surface area contributed by atoms with E-state index in [2.05, 4.69) is 21.1 Å². The standard InChI is InChI=1S/C30H33F2N7O/c1-17(2)38-11-9-19(10-12-38)29-35-27(25-16-36(4)30(40)18(3)39(25)29)21-7-6-8-24-22(21)13-23(28(31)32)26(34-24)20-14-33-37(5)15-20/h6-8,13-15,18-19,28H,1,9-12,16H2,2-5H3/t18-/m0/s1. The number of hydrogen-bond acceptors (Lipinski definition) is 5. The number of pyridine rings is 1. The monoisotopic (exact) mass is 545 g/mol. The fourth-order valence-electron chi connectivity index (χ4n) is 6.18. The van der Waals surface area contributed by atoms with E-state index in [1.165, 1.54) is 0 Å². The normalized spacial score (nSPS) is 18.2. The van der Waals surface area contributed by atoms with Gasteiger partial charge in [0.15, 0.2) is 0 Å². The number of amides is 1. The Morgan fingerprint density at radius 3 is 2.52 bits per heavy atom. The topological polar surface area (TPSA) is 72.1 Å². The first-order valence-corrected chi connectivity index (χ1v) is 13.6. The van der Waals surface area contributed by atoms with Crippen LogP contribution in [0.4, 0.5) is 8.78 Å². The Hall–Kier alpha value is -4.08. The minimum Gasteiger partial charge on any atom is -0.375 e. The lowest BCUT2D eigenvalue weighted by Crippen LogP contribution is -2.40. The van der Waals surface area contributed by atoms with Gasteiger partial charge in [-0.1, -0.05) is 18.7 Å². The molecule has 4 aromatic rings. The van der Waals surface area contributed by atoms with Crippen molar-refractivity contribution in [2.75, 3.05) is 20.1 Å². The second-order valence-corrected chi connectivity index (χ2v) is 11.0. The molecule has 3 aromatic heterocycles. The maximum Gasteiger partial charge on any atom is 0.265 e. The largest absolute Gasteiger partial charge is 0.375 e. The smallest absolute Gasteiger partial charge is 0.265 e. The predicted molar refractivity (Wildman–Crippen MR) is 150 cm³/mol. The van der Waals surface area contributed by atoms with Crippen LogP contribution in [0.1, 0.15) is 62.2 Å².